The first-order chi connectivity index (χ1) is 15.5. The van der Waals surface area contributed by atoms with E-state index >= 15 is 0 Å². The molecule has 10 heteroatoms. The molecule has 0 atom stereocenters. The first kappa shape index (κ1) is 23.2. The smallest absolute Gasteiger partial charge is 0.321 e. The monoisotopic (exact) mass is 482 g/mol. The van der Waals surface area contributed by atoms with Crippen molar-refractivity contribution in [2.24, 2.45) is 0 Å². The summed E-state index contributed by atoms with van der Waals surface area (Å²) in [6.45, 7) is 1.85. The van der Waals surface area contributed by atoms with Gasteiger partial charge in [0.15, 0.2) is 0 Å². The molecule has 0 aliphatic rings. The zero-order chi connectivity index (χ0) is 23.8. The van der Waals surface area contributed by atoms with Gasteiger partial charge in [0.05, 0.1) is 22.0 Å². The highest BCUT2D eigenvalue weighted by Crippen LogP contribution is 2.35. The predicted octanol–water partition coefficient (Wildman–Crippen LogP) is 3.39. The van der Waals surface area contributed by atoms with E-state index in [1.165, 1.54) is 24.3 Å². The maximum absolute atomic E-state index is 11.4. The number of benzene rings is 2. The first-order valence-corrected chi connectivity index (χ1v) is 13.0. The second-order valence-corrected chi connectivity index (χ2v) is 10.7. The van der Waals surface area contributed by atoms with Crippen molar-refractivity contribution in [2.45, 2.75) is 6.92 Å². The van der Waals surface area contributed by atoms with Gasteiger partial charge in [0.25, 0.3) is 0 Å². The predicted molar refractivity (Wildman–Crippen MR) is 126 cm³/mol. The van der Waals surface area contributed by atoms with Crippen LogP contribution < -0.4 is 10.6 Å². The number of nitrogens with zero attached hydrogens (tertiary/aromatic N) is 2. The van der Waals surface area contributed by atoms with Gasteiger partial charge in [-0.15, -0.1) is 0 Å². The van der Waals surface area contributed by atoms with E-state index in [0.29, 0.717) is 11.4 Å². The first-order valence-electron chi connectivity index (χ1n) is 9.79. The summed E-state index contributed by atoms with van der Waals surface area (Å²) in [5.41, 5.74) is 5.18. The van der Waals surface area contributed by atoms with Crippen molar-refractivity contribution in [1.29, 1.82) is 0 Å². The zero-order valence-electron chi connectivity index (χ0n) is 17.4. The number of hydrogen-bond donors (Lipinski definition) is 4. The summed E-state index contributed by atoms with van der Waals surface area (Å²) in [6.07, 6.45) is 1.64. The van der Waals surface area contributed by atoms with Gasteiger partial charge < -0.3 is 19.6 Å². The van der Waals surface area contributed by atoms with Gasteiger partial charge >= 0.3 is 15.2 Å². The molecule has 4 rings (SSSR count). The molecule has 4 aromatic rings. The minimum atomic E-state index is -4.31. The van der Waals surface area contributed by atoms with Crippen LogP contribution in [0, 0.1) is 6.92 Å². The molecule has 0 fully saturated rings. The van der Waals surface area contributed by atoms with Crippen LogP contribution in [0.5, 0.6) is 0 Å². The Morgan fingerprint density at radius 2 is 1.09 bits per heavy atom. The van der Waals surface area contributed by atoms with E-state index in [2.05, 4.69) is 9.97 Å². The molecule has 0 aliphatic carbocycles. The third-order valence-corrected chi connectivity index (χ3v) is 6.99. The molecule has 8 nitrogen and oxygen atoms in total. The number of aromatic nitrogens is 2. The molecule has 0 aliphatic heterocycles. The lowest BCUT2D eigenvalue weighted by molar-refractivity contribution is 0.385. The number of aryl methyl sites for hydroxylation is 1. The number of rotatable bonds is 5. The van der Waals surface area contributed by atoms with Gasteiger partial charge in [0.2, 0.25) is 0 Å². The largest absolute Gasteiger partial charge is 0.356 e. The lowest BCUT2D eigenvalue weighted by Gasteiger charge is -2.10. The van der Waals surface area contributed by atoms with Crippen molar-refractivity contribution >= 4 is 25.8 Å². The Labute approximate surface area is 190 Å². The SMILES string of the molecule is Cc1cc(-c2ccc(P(=O)(O)O)cc2)cc(-c2cc(-c3ccc(P(=O)(O)O)cc3)ccn2)n1. The van der Waals surface area contributed by atoms with E-state index in [1.54, 1.807) is 36.5 Å². The molecule has 0 unspecified atom stereocenters. The molecular formula is C23H20N2O6P2. The fraction of sp³-hybridized carbons (Fsp3) is 0.0435. The van der Waals surface area contributed by atoms with Crippen molar-refractivity contribution in [2.75, 3.05) is 0 Å². The van der Waals surface area contributed by atoms with Crippen molar-refractivity contribution in [3.63, 3.8) is 0 Å². The van der Waals surface area contributed by atoms with E-state index in [4.69, 9.17) is 0 Å². The van der Waals surface area contributed by atoms with Crippen LogP contribution in [-0.4, -0.2) is 29.5 Å². The van der Waals surface area contributed by atoms with E-state index in [9.17, 15) is 28.7 Å². The summed E-state index contributed by atoms with van der Waals surface area (Å²) in [4.78, 5) is 46.2. The summed E-state index contributed by atoms with van der Waals surface area (Å²) in [7, 11) is -8.61. The molecule has 0 amide bonds. The lowest BCUT2D eigenvalue weighted by atomic mass is 10.0. The summed E-state index contributed by atoms with van der Waals surface area (Å²) in [5, 5.41) is -0.0910. The highest BCUT2D eigenvalue weighted by atomic mass is 31.2. The normalized spacial score (nSPS) is 12.0. The topological polar surface area (TPSA) is 141 Å². The molecule has 4 N–H and O–H groups in total. The minimum Gasteiger partial charge on any atom is -0.321 e. The standard InChI is InChI=1S/C23H20N2O6P2/c1-15-12-19(17-4-8-21(9-5-17)33(29,30)31)14-23(25-15)22-13-18(10-11-24-22)16-2-6-20(7-3-16)32(26,27)28/h2-14H,1H3,(H2,26,27,28)(H2,29,30,31). The fourth-order valence-electron chi connectivity index (χ4n) is 3.41. The molecular weight excluding hydrogens is 462 g/mol. The van der Waals surface area contributed by atoms with Crippen LogP contribution in [0.1, 0.15) is 5.69 Å². The van der Waals surface area contributed by atoms with Crippen LogP contribution in [-0.2, 0) is 9.13 Å². The molecule has 0 radical (unpaired) electrons. The second kappa shape index (κ2) is 8.76. The summed E-state index contributed by atoms with van der Waals surface area (Å²) >= 11 is 0. The molecule has 0 bridgehead atoms. The Bertz CT molecular complexity index is 1410. The van der Waals surface area contributed by atoms with Crippen LogP contribution >= 0.6 is 15.2 Å². The molecule has 33 heavy (non-hydrogen) atoms. The third kappa shape index (κ3) is 5.34. The van der Waals surface area contributed by atoms with Crippen molar-refractivity contribution < 1.29 is 28.7 Å². The Kier molecular flexibility index (Phi) is 6.16. The summed E-state index contributed by atoms with van der Waals surface area (Å²) in [5.74, 6) is 0. The average Bonchev–Trinajstić information content (AvgIpc) is 2.78. The maximum Gasteiger partial charge on any atom is 0.356 e. The van der Waals surface area contributed by atoms with Gasteiger partial charge in [-0.05, 0) is 77.7 Å². The van der Waals surface area contributed by atoms with E-state index in [1.807, 2.05) is 25.1 Å². The van der Waals surface area contributed by atoms with Crippen LogP contribution in [0.25, 0.3) is 33.6 Å². The van der Waals surface area contributed by atoms with E-state index < -0.39 is 15.2 Å². The van der Waals surface area contributed by atoms with Crippen molar-refractivity contribution in [3.8, 4) is 33.6 Å². The highest BCUT2D eigenvalue weighted by Gasteiger charge is 2.18. The van der Waals surface area contributed by atoms with Crippen molar-refractivity contribution in [3.05, 3.63) is 84.7 Å². The maximum atomic E-state index is 11.4. The number of hydrogen-bond acceptors (Lipinski definition) is 4. The Hall–Kier alpha value is -2.96. The highest BCUT2D eigenvalue weighted by molar-refractivity contribution is 7.60. The second-order valence-electron chi connectivity index (χ2n) is 7.49. The molecule has 2 aromatic heterocycles. The van der Waals surface area contributed by atoms with Crippen LogP contribution in [0.3, 0.4) is 0 Å². The van der Waals surface area contributed by atoms with Crippen molar-refractivity contribution in [1.82, 2.24) is 9.97 Å². The molecule has 0 spiro atoms. The van der Waals surface area contributed by atoms with Crippen LogP contribution in [0.4, 0.5) is 0 Å². The molecule has 0 saturated heterocycles. The van der Waals surface area contributed by atoms with Gasteiger partial charge in [-0.3, -0.25) is 19.1 Å². The molecule has 2 heterocycles. The van der Waals surface area contributed by atoms with Gasteiger partial charge in [0, 0.05) is 11.9 Å². The Morgan fingerprint density at radius 3 is 1.61 bits per heavy atom. The lowest BCUT2D eigenvalue weighted by Crippen LogP contribution is -2.02. The molecule has 0 saturated carbocycles. The van der Waals surface area contributed by atoms with E-state index in [-0.39, 0.29) is 10.6 Å². The van der Waals surface area contributed by atoms with Gasteiger partial charge in [-0.25, -0.2) is 0 Å². The Balaban J connectivity index is 1.70. The zero-order valence-corrected chi connectivity index (χ0v) is 19.2. The third-order valence-electron chi connectivity index (χ3n) is 5.05. The Morgan fingerprint density at radius 1 is 0.606 bits per heavy atom. The summed E-state index contributed by atoms with van der Waals surface area (Å²) < 4.78 is 22.8. The number of pyridine rings is 2. The van der Waals surface area contributed by atoms with Gasteiger partial charge in [0.1, 0.15) is 0 Å². The van der Waals surface area contributed by atoms with E-state index in [0.717, 1.165) is 27.9 Å². The van der Waals surface area contributed by atoms with Crippen LogP contribution in [0.15, 0.2) is 79.0 Å². The molecule has 2 aromatic carbocycles. The average molecular weight is 482 g/mol. The minimum absolute atomic E-state index is 0.0450. The van der Waals surface area contributed by atoms with Crippen LogP contribution in [0.2, 0.25) is 0 Å². The fourth-order valence-corrected chi connectivity index (χ4v) is 4.49. The quantitative estimate of drug-likeness (QED) is 0.317. The molecule has 168 valence electrons. The summed E-state index contributed by atoms with van der Waals surface area (Å²) in [6, 6.07) is 19.6. The van der Waals surface area contributed by atoms with Gasteiger partial charge in [-0.1, -0.05) is 24.3 Å². The van der Waals surface area contributed by atoms with Gasteiger partial charge in [-0.2, -0.15) is 0 Å².